The lowest BCUT2D eigenvalue weighted by Crippen LogP contribution is -2.52. The Balaban J connectivity index is 0.000000357. The first-order valence-corrected chi connectivity index (χ1v) is 12.0. The molecule has 0 aromatic heterocycles. The third-order valence-electron chi connectivity index (χ3n) is 5.55. The van der Waals surface area contributed by atoms with E-state index in [9.17, 15) is 5.26 Å². The van der Waals surface area contributed by atoms with Crippen LogP contribution >= 0.6 is 36.0 Å². The van der Waals surface area contributed by atoms with Gasteiger partial charge in [0.1, 0.15) is 38.3 Å². The molecular formula is C24H32Cl2N3O3S+. The van der Waals surface area contributed by atoms with Gasteiger partial charge in [-0.15, -0.1) is 17.0 Å². The van der Waals surface area contributed by atoms with Crippen molar-refractivity contribution in [1.29, 1.82) is 5.26 Å². The molecule has 33 heavy (non-hydrogen) atoms. The number of ether oxygens (including phenoxy) is 2. The molecule has 1 aliphatic carbocycles. The summed E-state index contributed by atoms with van der Waals surface area (Å²) in [4.78, 5) is 0. The quantitative estimate of drug-likeness (QED) is 0.178. The van der Waals surface area contributed by atoms with Crippen molar-refractivity contribution in [1.82, 2.24) is 5.43 Å². The summed E-state index contributed by atoms with van der Waals surface area (Å²) in [5, 5.41) is 18.9. The van der Waals surface area contributed by atoms with Gasteiger partial charge in [-0.3, -0.25) is 0 Å². The number of halogens is 2. The Morgan fingerprint density at radius 1 is 1.24 bits per heavy atom. The number of methoxy groups -OCH3 is 1. The van der Waals surface area contributed by atoms with Gasteiger partial charge in [0, 0.05) is 5.41 Å². The maximum atomic E-state index is 9.43. The smallest absolute Gasteiger partial charge is 0.155 e. The number of hydrogen-bond acceptors (Lipinski definition) is 6. The number of hydroxylamine groups is 1. The maximum absolute atomic E-state index is 9.43. The highest BCUT2D eigenvalue weighted by molar-refractivity contribution is 7.74. The standard InChI is InChI=1S/C19H19Cl2NO2.C5H13N2OS/c1-19(2,14-4-6-16(23-3)7-5-14)15-10-13(12-22)18(17(21)11-15)24-9-8-20;1-7(8,9)6-5-3-2-4-5/h4-7,10-11H,8-9H2,1-3H3;5-6,8-9H,2-4H2,1H3/q;+1. The van der Waals surface area contributed by atoms with Crippen molar-refractivity contribution in [2.45, 2.75) is 44.6 Å². The lowest BCUT2D eigenvalue weighted by Gasteiger charge is -2.29. The van der Waals surface area contributed by atoms with Gasteiger partial charge in [-0.1, -0.05) is 41.7 Å². The number of alkyl halides is 1. The molecule has 0 saturated heterocycles. The topological polar surface area (TPSA) is 74.5 Å². The van der Waals surface area contributed by atoms with Crippen molar-refractivity contribution in [3.63, 3.8) is 0 Å². The van der Waals surface area contributed by atoms with E-state index >= 15 is 0 Å². The van der Waals surface area contributed by atoms with Gasteiger partial charge in [0.15, 0.2) is 5.75 Å². The summed E-state index contributed by atoms with van der Waals surface area (Å²) in [7, 11) is 3.22. The van der Waals surface area contributed by atoms with Crippen LogP contribution in [0.5, 0.6) is 11.5 Å². The third kappa shape index (κ3) is 7.96. The second-order valence-electron chi connectivity index (χ2n) is 8.51. The average molecular weight is 514 g/mol. The summed E-state index contributed by atoms with van der Waals surface area (Å²) in [6.07, 6.45) is 3.59. The summed E-state index contributed by atoms with van der Waals surface area (Å²) in [6.45, 7) is 4.47. The molecule has 1 fully saturated rings. The zero-order valence-electron chi connectivity index (χ0n) is 19.4. The summed E-state index contributed by atoms with van der Waals surface area (Å²) in [5.41, 5.74) is 5.03. The van der Waals surface area contributed by atoms with Crippen LogP contribution in [-0.2, 0) is 5.41 Å². The number of nitrogens with zero attached hydrogens (tertiary/aromatic N) is 2. The Bertz CT molecular complexity index is 953. The molecule has 0 bridgehead atoms. The minimum absolute atomic E-state index is 0.303. The monoisotopic (exact) mass is 512 g/mol. The van der Waals surface area contributed by atoms with E-state index in [0.717, 1.165) is 29.7 Å². The van der Waals surface area contributed by atoms with Crippen LogP contribution in [0.15, 0.2) is 36.4 Å². The zero-order chi connectivity index (χ0) is 24.6. The minimum atomic E-state index is -0.412. The van der Waals surface area contributed by atoms with Gasteiger partial charge in [0.05, 0.1) is 29.6 Å². The summed E-state index contributed by atoms with van der Waals surface area (Å²) < 4.78 is 10.3. The maximum Gasteiger partial charge on any atom is 0.155 e. The van der Waals surface area contributed by atoms with E-state index in [1.54, 1.807) is 14.2 Å². The van der Waals surface area contributed by atoms with Crippen LogP contribution in [0.1, 0.15) is 49.8 Å². The number of rotatable bonds is 8. The van der Waals surface area contributed by atoms with Gasteiger partial charge in [0.2, 0.25) is 0 Å². The summed E-state index contributed by atoms with van der Waals surface area (Å²) in [6, 6.07) is 14.1. The van der Waals surface area contributed by atoms with Crippen LogP contribution in [0.2, 0.25) is 5.02 Å². The average Bonchev–Trinajstić information content (AvgIpc) is 2.75. The highest BCUT2D eigenvalue weighted by Crippen LogP contribution is 2.38. The van der Waals surface area contributed by atoms with Crippen molar-refractivity contribution >= 4 is 36.0 Å². The third-order valence-corrected chi connectivity index (χ3v) is 6.10. The molecule has 1 saturated carbocycles. The first-order valence-electron chi connectivity index (χ1n) is 10.7. The van der Waals surface area contributed by atoms with Crippen LogP contribution in [0.3, 0.4) is 0 Å². The lowest BCUT2D eigenvalue weighted by atomic mass is 9.77. The molecule has 180 valence electrons. The van der Waals surface area contributed by atoms with Gasteiger partial charge in [0.25, 0.3) is 0 Å². The zero-order valence-corrected chi connectivity index (χ0v) is 21.8. The van der Waals surface area contributed by atoms with Crippen molar-refractivity contribution < 1.29 is 18.8 Å². The Hall–Kier alpha value is -1.66. The highest BCUT2D eigenvalue weighted by atomic mass is 35.5. The van der Waals surface area contributed by atoms with E-state index in [4.69, 9.17) is 37.9 Å². The number of nitriles is 1. The van der Waals surface area contributed by atoms with E-state index in [1.807, 2.05) is 36.4 Å². The normalized spacial score (nSPS) is 15.4. The molecule has 0 aliphatic heterocycles. The van der Waals surface area contributed by atoms with E-state index in [-0.39, 0.29) is 5.41 Å². The fourth-order valence-corrected chi connectivity index (χ4v) is 3.90. The van der Waals surface area contributed by atoms with Gasteiger partial charge in [-0.05, 0) is 54.7 Å². The fourth-order valence-electron chi connectivity index (χ4n) is 3.38. The van der Waals surface area contributed by atoms with E-state index in [2.05, 4.69) is 38.2 Å². The molecule has 1 unspecified atom stereocenters. The second-order valence-corrected chi connectivity index (χ2v) is 10.1. The molecule has 9 heteroatoms. The van der Waals surface area contributed by atoms with E-state index < -0.39 is 4.16 Å². The van der Waals surface area contributed by atoms with E-state index in [0.29, 0.717) is 34.9 Å². The molecule has 0 radical (unpaired) electrons. The first kappa shape index (κ1) is 27.6. The number of hydrogen-bond donors (Lipinski definition) is 3. The van der Waals surface area contributed by atoms with Gasteiger partial charge in [-0.25, -0.2) is 0 Å². The Morgan fingerprint density at radius 2 is 1.88 bits per heavy atom. The van der Waals surface area contributed by atoms with E-state index in [1.165, 1.54) is 6.42 Å². The number of benzene rings is 2. The molecular weight excluding hydrogens is 481 g/mol. The summed E-state index contributed by atoms with van der Waals surface area (Å²) >= 11 is 15.9. The molecule has 3 rings (SSSR count). The van der Waals surface area contributed by atoms with Crippen LogP contribution in [0.4, 0.5) is 0 Å². The van der Waals surface area contributed by atoms with Crippen molar-refractivity contribution in [2.24, 2.45) is 0 Å². The van der Waals surface area contributed by atoms with Crippen molar-refractivity contribution in [3.05, 3.63) is 58.1 Å². The Kier molecular flexibility index (Phi) is 10.2. The Morgan fingerprint density at radius 3 is 2.30 bits per heavy atom. The second kappa shape index (κ2) is 12.2. The van der Waals surface area contributed by atoms with Gasteiger partial charge < -0.3 is 9.47 Å². The largest absolute Gasteiger partial charge is 0.497 e. The van der Waals surface area contributed by atoms with Crippen LogP contribution in [0, 0.1) is 11.3 Å². The summed E-state index contributed by atoms with van der Waals surface area (Å²) in [5.74, 6) is 1.52. The number of thiol groups is 1. The van der Waals surface area contributed by atoms with Crippen LogP contribution in [0.25, 0.3) is 0 Å². The Labute approximate surface area is 212 Å². The van der Waals surface area contributed by atoms with Crippen LogP contribution < -0.4 is 14.9 Å². The molecule has 0 heterocycles. The predicted molar refractivity (Wildman–Crippen MR) is 135 cm³/mol. The molecule has 0 spiro atoms. The molecule has 2 aromatic rings. The highest BCUT2D eigenvalue weighted by Gasteiger charge is 2.26. The molecule has 6 nitrogen and oxygen atoms in total. The van der Waals surface area contributed by atoms with Crippen molar-refractivity contribution in [2.75, 3.05) is 26.6 Å². The molecule has 0 amide bonds. The first-order chi connectivity index (χ1) is 15.5. The fraction of sp³-hybridized carbons (Fsp3) is 0.458. The number of nitrogens with one attached hydrogen (secondary N) is 1. The predicted octanol–water partition coefficient (Wildman–Crippen LogP) is 5.89. The molecule has 2 aromatic carbocycles. The SMILES string of the molecule is COc1ccc(C(C)(C)c2cc(Cl)c(OCCCl)c(C#N)c2)cc1.C[N+](O)(S)NC1CCC1. The van der Waals surface area contributed by atoms with Crippen molar-refractivity contribution in [3.8, 4) is 17.6 Å². The van der Waals surface area contributed by atoms with Gasteiger partial charge in [-0.2, -0.15) is 10.5 Å². The lowest BCUT2D eigenvalue weighted by molar-refractivity contribution is -1.01. The number of quaternary nitrogens is 1. The molecule has 1 atom stereocenters. The molecule has 2 N–H and O–H groups in total. The minimum Gasteiger partial charge on any atom is -0.497 e. The van der Waals surface area contributed by atoms with Crippen LogP contribution in [-0.4, -0.2) is 42.1 Å². The van der Waals surface area contributed by atoms with Gasteiger partial charge >= 0.3 is 0 Å². The molecule has 1 aliphatic rings.